The Balaban J connectivity index is 2.84. The first-order valence-corrected chi connectivity index (χ1v) is 5.74. The van der Waals surface area contributed by atoms with Gasteiger partial charge in [-0.05, 0) is 47.1 Å². The molecule has 96 valence electrons. The van der Waals surface area contributed by atoms with Crippen molar-refractivity contribution in [3.63, 3.8) is 0 Å². The van der Waals surface area contributed by atoms with E-state index in [9.17, 15) is 13.2 Å². The zero-order valence-corrected chi connectivity index (χ0v) is 11.0. The summed E-state index contributed by atoms with van der Waals surface area (Å²) in [6.07, 6.45) is -4.36. The first-order valence-electron chi connectivity index (χ1n) is 4.95. The molecular weight excluding hydrogens is 299 g/mol. The van der Waals surface area contributed by atoms with Gasteiger partial charge in [0.25, 0.3) is 0 Å². The number of nitrogens with one attached hydrogen (secondary N) is 1. The highest BCUT2D eigenvalue weighted by atomic mass is 79.9. The molecule has 0 saturated carbocycles. The van der Waals surface area contributed by atoms with Gasteiger partial charge in [0.05, 0.1) is 11.6 Å². The van der Waals surface area contributed by atoms with E-state index in [1.807, 2.05) is 0 Å². The highest BCUT2D eigenvalue weighted by Crippen LogP contribution is 2.28. The fourth-order valence-corrected chi connectivity index (χ4v) is 2.04. The number of hydrogen-bond donors (Lipinski definition) is 1. The fourth-order valence-electron chi connectivity index (χ4n) is 1.45. The third kappa shape index (κ3) is 3.89. The van der Waals surface area contributed by atoms with Crippen LogP contribution in [0.4, 0.5) is 13.2 Å². The Labute approximate surface area is 106 Å². The molecule has 0 radical (unpaired) electrons. The van der Waals surface area contributed by atoms with Crippen LogP contribution in [0, 0.1) is 0 Å². The number of methoxy groups -OCH3 is 1. The number of alkyl halides is 3. The Bertz CT molecular complexity index is 381. The van der Waals surface area contributed by atoms with Crippen molar-refractivity contribution in [2.45, 2.75) is 18.6 Å². The lowest BCUT2D eigenvalue weighted by Gasteiger charge is -2.19. The quantitative estimate of drug-likeness (QED) is 0.922. The van der Waals surface area contributed by atoms with Gasteiger partial charge in [0, 0.05) is 0 Å². The van der Waals surface area contributed by atoms with E-state index < -0.39 is 12.2 Å². The molecule has 0 amide bonds. The Hall–Kier alpha value is -0.750. The molecule has 1 aromatic rings. The molecule has 2 nitrogen and oxygen atoms in total. The van der Waals surface area contributed by atoms with Gasteiger partial charge in [0.15, 0.2) is 0 Å². The van der Waals surface area contributed by atoms with Crippen LogP contribution in [-0.2, 0) is 6.42 Å². The summed E-state index contributed by atoms with van der Waals surface area (Å²) < 4.78 is 43.3. The SMILES string of the molecule is CNC(Cc1ccc(OC)c(Br)c1)C(F)(F)F. The zero-order chi connectivity index (χ0) is 13.1. The van der Waals surface area contributed by atoms with Crippen LogP contribution in [-0.4, -0.2) is 26.4 Å². The lowest BCUT2D eigenvalue weighted by atomic mass is 10.1. The number of benzene rings is 1. The van der Waals surface area contributed by atoms with Crippen LogP contribution in [0.15, 0.2) is 22.7 Å². The summed E-state index contributed by atoms with van der Waals surface area (Å²) >= 11 is 3.24. The van der Waals surface area contributed by atoms with Crippen LogP contribution in [0.5, 0.6) is 5.75 Å². The van der Waals surface area contributed by atoms with Crippen molar-refractivity contribution in [3.05, 3.63) is 28.2 Å². The van der Waals surface area contributed by atoms with E-state index >= 15 is 0 Å². The summed E-state index contributed by atoms with van der Waals surface area (Å²) in [6, 6.07) is 3.36. The van der Waals surface area contributed by atoms with Crippen LogP contribution in [0.3, 0.4) is 0 Å². The third-order valence-corrected chi connectivity index (χ3v) is 3.02. The monoisotopic (exact) mass is 311 g/mol. The van der Waals surface area contributed by atoms with Gasteiger partial charge in [-0.1, -0.05) is 6.07 Å². The number of likely N-dealkylation sites (N-methyl/N-ethyl adjacent to an activating group) is 1. The molecule has 1 aromatic carbocycles. The van der Waals surface area contributed by atoms with E-state index in [1.54, 1.807) is 18.2 Å². The number of hydrogen-bond acceptors (Lipinski definition) is 2. The summed E-state index contributed by atoms with van der Waals surface area (Å²) in [6.45, 7) is 0. The minimum atomic E-state index is -4.25. The predicted octanol–water partition coefficient (Wildman–Crippen LogP) is 3.15. The second kappa shape index (κ2) is 5.73. The standard InChI is InChI=1S/C11H13BrF3NO/c1-16-10(11(13,14)15)6-7-3-4-9(17-2)8(12)5-7/h3-5,10,16H,6H2,1-2H3. The average Bonchev–Trinajstić information content (AvgIpc) is 2.24. The molecule has 0 aromatic heterocycles. The van der Waals surface area contributed by atoms with Crippen LogP contribution in [0.25, 0.3) is 0 Å². The molecule has 0 aliphatic carbocycles. The van der Waals surface area contributed by atoms with E-state index in [0.29, 0.717) is 15.8 Å². The number of halogens is 4. The summed E-state index contributed by atoms with van der Waals surface area (Å²) in [4.78, 5) is 0. The Kier molecular flexibility index (Phi) is 4.82. The lowest BCUT2D eigenvalue weighted by molar-refractivity contribution is -0.154. The van der Waals surface area contributed by atoms with Crippen molar-refractivity contribution in [1.29, 1.82) is 0 Å². The van der Waals surface area contributed by atoms with Crippen LogP contribution >= 0.6 is 15.9 Å². The second-order valence-electron chi connectivity index (χ2n) is 3.56. The maximum atomic E-state index is 12.6. The average molecular weight is 312 g/mol. The Morgan fingerprint density at radius 3 is 2.47 bits per heavy atom. The third-order valence-electron chi connectivity index (χ3n) is 2.40. The maximum Gasteiger partial charge on any atom is 0.404 e. The molecule has 1 atom stereocenters. The van der Waals surface area contributed by atoms with E-state index in [1.165, 1.54) is 14.2 Å². The Morgan fingerprint density at radius 1 is 1.41 bits per heavy atom. The van der Waals surface area contributed by atoms with E-state index in [-0.39, 0.29) is 6.42 Å². The summed E-state index contributed by atoms with van der Waals surface area (Å²) in [7, 11) is 2.81. The summed E-state index contributed by atoms with van der Waals surface area (Å²) in [5.74, 6) is 0.599. The largest absolute Gasteiger partial charge is 0.496 e. The van der Waals surface area contributed by atoms with Gasteiger partial charge in [-0.15, -0.1) is 0 Å². The lowest BCUT2D eigenvalue weighted by Crippen LogP contribution is -2.41. The summed E-state index contributed by atoms with van der Waals surface area (Å²) in [5, 5.41) is 2.27. The summed E-state index contributed by atoms with van der Waals surface area (Å²) in [5.41, 5.74) is 0.592. The molecule has 0 bridgehead atoms. The van der Waals surface area contributed by atoms with Gasteiger partial charge in [-0.2, -0.15) is 13.2 Å². The molecule has 1 unspecified atom stereocenters. The highest BCUT2D eigenvalue weighted by Gasteiger charge is 2.38. The van der Waals surface area contributed by atoms with Gasteiger partial charge in [0.2, 0.25) is 0 Å². The molecule has 0 fully saturated rings. The van der Waals surface area contributed by atoms with Crippen LogP contribution < -0.4 is 10.1 Å². The molecule has 1 rings (SSSR count). The molecular formula is C11H13BrF3NO. The van der Waals surface area contributed by atoms with E-state index in [4.69, 9.17) is 4.74 Å². The number of rotatable bonds is 4. The van der Waals surface area contributed by atoms with Crippen molar-refractivity contribution in [2.75, 3.05) is 14.2 Å². The van der Waals surface area contributed by atoms with Gasteiger partial charge in [-0.25, -0.2) is 0 Å². The second-order valence-corrected chi connectivity index (χ2v) is 4.41. The normalized spacial score (nSPS) is 13.5. The van der Waals surface area contributed by atoms with Gasteiger partial charge < -0.3 is 10.1 Å². The maximum absolute atomic E-state index is 12.6. The van der Waals surface area contributed by atoms with Gasteiger partial charge in [0.1, 0.15) is 11.8 Å². The molecule has 0 saturated heterocycles. The molecule has 0 spiro atoms. The van der Waals surface area contributed by atoms with Crippen LogP contribution in [0.1, 0.15) is 5.56 Å². The van der Waals surface area contributed by atoms with Crippen molar-refractivity contribution in [3.8, 4) is 5.75 Å². The topological polar surface area (TPSA) is 21.3 Å². The van der Waals surface area contributed by atoms with Crippen molar-refractivity contribution in [2.24, 2.45) is 0 Å². The van der Waals surface area contributed by atoms with E-state index in [2.05, 4.69) is 21.2 Å². The predicted molar refractivity (Wildman–Crippen MR) is 63.3 cm³/mol. The minimum absolute atomic E-state index is 0.109. The number of ether oxygens (including phenoxy) is 1. The highest BCUT2D eigenvalue weighted by molar-refractivity contribution is 9.10. The first-order chi connectivity index (χ1) is 7.88. The smallest absolute Gasteiger partial charge is 0.404 e. The van der Waals surface area contributed by atoms with Crippen LogP contribution in [0.2, 0.25) is 0 Å². The molecule has 17 heavy (non-hydrogen) atoms. The molecule has 1 N–H and O–H groups in total. The van der Waals surface area contributed by atoms with E-state index in [0.717, 1.165) is 0 Å². The fraction of sp³-hybridized carbons (Fsp3) is 0.455. The minimum Gasteiger partial charge on any atom is -0.496 e. The van der Waals surface area contributed by atoms with Gasteiger partial charge >= 0.3 is 6.18 Å². The molecule has 0 heterocycles. The first kappa shape index (κ1) is 14.3. The van der Waals surface area contributed by atoms with Crippen molar-refractivity contribution >= 4 is 15.9 Å². The van der Waals surface area contributed by atoms with Crippen molar-refractivity contribution < 1.29 is 17.9 Å². The molecule has 0 aliphatic heterocycles. The van der Waals surface area contributed by atoms with Gasteiger partial charge in [-0.3, -0.25) is 0 Å². The molecule has 0 aliphatic rings. The van der Waals surface area contributed by atoms with Crippen molar-refractivity contribution in [1.82, 2.24) is 5.32 Å². The Morgan fingerprint density at radius 2 is 2.06 bits per heavy atom. The molecule has 6 heteroatoms. The zero-order valence-electron chi connectivity index (χ0n) is 9.44.